The van der Waals surface area contributed by atoms with Crippen LogP contribution in [0.1, 0.15) is 25.3 Å². The fourth-order valence-electron chi connectivity index (χ4n) is 2.34. The number of benzene rings is 1. The molecule has 7 heteroatoms. The van der Waals surface area contributed by atoms with E-state index in [-0.39, 0.29) is 37.5 Å². The van der Waals surface area contributed by atoms with Crippen molar-refractivity contribution in [3.05, 3.63) is 29.6 Å². The fourth-order valence-corrected chi connectivity index (χ4v) is 2.34. The maximum absolute atomic E-state index is 14.0. The summed E-state index contributed by atoms with van der Waals surface area (Å²) in [7, 11) is 2.80. The Morgan fingerprint density at radius 3 is 2.61 bits per heavy atom. The van der Waals surface area contributed by atoms with E-state index in [1.165, 1.54) is 20.3 Å². The molecule has 1 aromatic carbocycles. The lowest BCUT2D eigenvalue weighted by molar-refractivity contribution is -0.139. The third-order valence-electron chi connectivity index (χ3n) is 3.33. The van der Waals surface area contributed by atoms with Gasteiger partial charge in [0.05, 0.1) is 25.7 Å². The van der Waals surface area contributed by atoms with Crippen LogP contribution < -0.4 is 10.1 Å². The molecule has 1 aromatic rings. The number of halogens is 1. The van der Waals surface area contributed by atoms with E-state index >= 15 is 0 Å². The highest BCUT2D eigenvalue weighted by Crippen LogP contribution is 2.21. The van der Waals surface area contributed by atoms with Gasteiger partial charge in [0.15, 0.2) is 11.6 Å². The summed E-state index contributed by atoms with van der Waals surface area (Å²) in [4.78, 5) is 22.9. The van der Waals surface area contributed by atoms with Gasteiger partial charge in [0.2, 0.25) is 5.91 Å². The van der Waals surface area contributed by atoms with Crippen LogP contribution in [0.5, 0.6) is 5.75 Å². The van der Waals surface area contributed by atoms with Gasteiger partial charge in [0.25, 0.3) is 0 Å². The van der Waals surface area contributed by atoms with Gasteiger partial charge in [-0.1, -0.05) is 12.1 Å². The number of hydrogen-bond acceptors (Lipinski definition) is 4. The minimum absolute atomic E-state index is 0.0308. The molecule has 0 aliphatic rings. The van der Waals surface area contributed by atoms with Crippen molar-refractivity contribution in [3.8, 4) is 5.75 Å². The minimum Gasteiger partial charge on any atom is -0.494 e. The van der Waals surface area contributed by atoms with Crippen LogP contribution in [0.15, 0.2) is 18.2 Å². The van der Waals surface area contributed by atoms with Gasteiger partial charge >= 0.3 is 5.97 Å². The van der Waals surface area contributed by atoms with Crippen LogP contribution in [0.2, 0.25) is 0 Å². The molecule has 0 radical (unpaired) electrons. The predicted molar refractivity (Wildman–Crippen MR) is 81.9 cm³/mol. The molecule has 128 valence electrons. The molecule has 0 heterocycles. The van der Waals surface area contributed by atoms with Gasteiger partial charge in [0.1, 0.15) is 0 Å². The molecule has 6 nitrogen and oxygen atoms in total. The van der Waals surface area contributed by atoms with E-state index in [1.807, 2.05) is 0 Å². The van der Waals surface area contributed by atoms with Crippen molar-refractivity contribution in [2.75, 3.05) is 20.8 Å². The van der Waals surface area contributed by atoms with Gasteiger partial charge < -0.3 is 19.9 Å². The summed E-state index contributed by atoms with van der Waals surface area (Å²) >= 11 is 0. The first-order chi connectivity index (χ1) is 10.8. The number of carbonyl (C=O) groups excluding carboxylic acids is 1. The van der Waals surface area contributed by atoms with E-state index in [0.29, 0.717) is 5.56 Å². The van der Waals surface area contributed by atoms with Gasteiger partial charge in [-0.2, -0.15) is 0 Å². The molecule has 1 atom stereocenters. The first-order valence-electron chi connectivity index (χ1n) is 7.14. The maximum atomic E-state index is 14.0. The summed E-state index contributed by atoms with van der Waals surface area (Å²) in [6, 6.07) is 4.73. The van der Waals surface area contributed by atoms with Crippen molar-refractivity contribution >= 4 is 11.9 Å². The Labute approximate surface area is 134 Å². The number of aliphatic carboxylic acids is 1. The normalized spacial score (nSPS) is 13.2. The zero-order valence-electron chi connectivity index (χ0n) is 13.5. The molecule has 2 N–H and O–H groups in total. The second kappa shape index (κ2) is 8.47. The van der Waals surface area contributed by atoms with Crippen molar-refractivity contribution in [1.82, 2.24) is 5.32 Å². The number of amides is 1. The summed E-state index contributed by atoms with van der Waals surface area (Å²) in [5, 5.41) is 11.6. The molecule has 0 aliphatic heterocycles. The highest BCUT2D eigenvalue weighted by atomic mass is 19.1. The van der Waals surface area contributed by atoms with Gasteiger partial charge in [-0.3, -0.25) is 9.59 Å². The van der Waals surface area contributed by atoms with Gasteiger partial charge in [-0.05, 0) is 25.0 Å². The van der Waals surface area contributed by atoms with E-state index in [1.54, 1.807) is 19.1 Å². The van der Waals surface area contributed by atoms with Crippen molar-refractivity contribution in [1.29, 1.82) is 0 Å². The molecule has 1 unspecified atom stereocenters. The summed E-state index contributed by atoms with van der Waals surface area (Å²) in [6.07, 6.45) is -0.0475. The number of ether oxygens (including phenoxy) is 2. The van der Waals surface area contributed by atoms with Crippen molar-refractivity contribution < 1.29 is 28.6 Å². The molecule has 0 fully saturated rings. The van der Waals surface area contributed by atoms with E-state index in [9.17, 15) is 14.0 Å². The topological polar surface area (TPSA) is 84.9 Å². The first kappa shape index (κ1) is 18.9. The molecule has 23 heavy (non-hydrogen) atoms. The van der Waals surface area contributed by atoms with Crippen LogP contribution in [0, 0.1) is 5.82 Å². The van der Waals surface area contributed by atoms with Crippen molar-refractivity contribution in [3.63, 3.8) is 0 Å². The minimum atomic E-state index is -1.04. The number of aryl methyl sites for hydroxylation is 1. The van der Waals surface area contributed by atoms with E-state index in [4.69, 9.17) is 14.6 Å². The molecule has 1 rings (SSSR count). The number of methoxy groups -OCH3 is 2. The fraction of sp³-hybridized carbons (Fsp3) is 0.500. The highest BCUT2D eigenvalue weighted by molar-refractivity contribution is 5.78. The lowest BCUT2D eigenvalue weighted by Crippen LogP contribution is -2.50. The molecule has 0 spiro atoms. The highest BCUT2D eigenvalue weighted by Gasteiger charge is 2.29. The van der Waals surface area contributed by atoms with Crippen LogP contribution in [0.4, 0.5) is 4.39 Å². The number of nitrogens with one attached hydrogen (secondary N) is 1. The number of hydrogen-bond donors (Lipinski definition) is 2. The van der Waals surface area contributed by atoms with E-state index < -0.39 is 17.3 Å². The monoisotopic (exact) mass is 327 g/mol. The average molecular weight is 327 g/mol. The Morgan fingerprint density at radius 1 is 1.35 bits per heavy atom. The van der Waals surface area contributed by atoms with Crippen LogP contribution >= 0.6 is 0 Å². The van der Waals surface area contributed by atoms with Gasteiger partial charge in [-0.15, -0.1) is 0 Å². The SMILES string of the molecule is COCC(C)(CC(=O)O)NC(=O)CCc1cccc(OC)c1F. The molecule has 0 aliphatic carbocycles. The zero-order chi connectivity index (χ0) is 17.5. The summed E-state index contributed by atoms with van der Waals surface area (Å²) in [5.41, 5.74) is -0.643. The second-order valence-electron chi connectivity index (χ2n) is 5.55. The number of carbonyl (C=O) groups is 2. The number of rotatable bonds is 9. The van der Waals surface area contributed by atoms with Gasteiger partial charge in [0, 0.05) is 13.5 Å². The van der Waals surface area contributed by atoms with Crippen LogP contribution in [-0.4, -0.2) is 43.3 Å². The van der Waals surface area contributed by atoms with Gasteiger partial charge in [-0.25, -0.2) is 4.39 Å². The summed E-state index contributed by atoms with van der Waals surface area (Å²) in [6.45, 7) is 1.66. The standard InChI is InChI=1S/C16H22FNO5/c1-16(10-22-2,9-14(20)21)18-13(19)8-7-11-5-4-6-12(23-3)15(11)17/h4-6H,7-10H2,1-3H3,(H,18,19)(H,20,21). The lowest BCUT2D eigenvalue weighted by Gasteiger charge is -2.28. The average Bonchev–Trinajstić information content (AvgIpc) is 2.45. The van der Waals surface area contributed by atoms with Crippen LogP contribution in [-0.2, 0) is 20.7 Å². The first-order valence-corrected chi connectivity index (χ1v) is 7.14. The molecule has 1 amide bonds. The molecular formula is C16H22FNO5. The second-order valence-corrected chi connectivity index (χ2v) is 5.55. The Kier molecular flexibility index (Phi) is 6.96. The molecule has 0 saturated heterocycles. The van der Waals surface area contributed by atoms with Crippen molar-refractivity contribution in [2.24, 2.45) is 0 Å². The molecular weight excluding hydrogens is 305 g/mol. The van der Waals surface area contributed by atoms with E-state index in [2.05, 4.69) is 5.32 Å². The van der Waals surface area contributed by atoms with E-state index in [0.717, 1.165) is 0 Å². The Bertz CT molecular complexity index is 563. The quantitative estimate of drug-likeness (QED) is 0.722. The molecule has 0 saturated carbocycles. The Morgan fingerprint density at radius 2 is 2.04 bits per heavy atom. The van der Waals surface area contributed by atoms with Crippen LogP contribution in [0.25, 0.3) is 0 Å². The predicted octanol–water partition coefficient (Wildman–Crippen LogP) is 1.76. The molecule has 0 aromatic heterocycles. The summed E-state index contributed by atoms with van der Waals surface area (Å²) < 4.78 is 23.9. The lowest BCUT2D eigenvalue weighted by atomic mass is 9.98. The largest absolute Gasteiger partial charge is 0.494 e. The number of carboxylic acids is 1. The number of carboxylic acid groups (broad SMARTS) is 1. The maximum Gasteiger partial charge on any atom is 0.305 e. The Hall–Kier alpha value is -2.15. The third kappa shape index (κ3) is 5.86. The zero-order valence-corrected chi connectivity index (χ0v) is 13.5. The molecule has 0 bridgehead atoms. The van der Waals surface area contributed by atoms with Crippen LogP contribution in [0.3, 0.4) is 0 Å². The smallest absolute Gasteiger partial charge is 0.305 e. The summed E-state index contributed by atoms with van der Waals surface area (Å²) in [5.74, 6) is -1.78. The van der Waals surface area contributed by atoms with Crippen molar-refractivity contribution in [2.45, 2.75) is 31.7 Å². The third-order valence-corrected chi connectivity index (χ3v) is 3.33. The Balaban J connectivity index is 2.67.